The molecule has 0 atom stereocenters. The lowest BCUT2D eigenvalue weighted by Crippen LogP contribution is -2.09. The number of anilines is 2. The fourth-order valence-electron chi connectivity index (χ4n) is 1.65. The summed E-state index contributed by atoms with van der Waals surface area (Å²) >= 11 is 0. The largest absolute Gasteiger partial charge is 0.462 e. The van der Waals surface area contributed by atoms with Crippen LogP contribution in [0.1, 0.15) is 22.9 Å². The molecule has 2 heterocycles. The molecule has 0 spiro atoms. The van der Waals surface area contributed by atoms with Crippen molar-refractivity contribution in [2.45, 2.75) is 20.1 Å². The maximum absolute atomic E-state index is 8.91. The number of aryl methyl sites for hydroxylation is 1. The highest BCUT2D eigenvalue weighted by molar-refractivity contribution is 5.89. The monoisotopic (exact) mass is 261 g/mol. The molecule has 0 saturated heterocycles. The van der Waals surface area contributed by atoms with Crippen LogP contribution in [0.25, 0.3) is 0 Å². The molecule has 2 rings (SSSR count). The van der Waals surface area contributed by atoms with E-state index in [1.54, 1.807) is 19.1 Å². The van der Waals surface area contributed by atoms with Crippen LogP contribution in [0.5, 0.6) is 0 Å². The Morgan fingerprint density at radius 2 is 2.16 bits per heavy atom. The van der Waals surface area contributed by atoms with Crippen molar-refractivity contribution in [2.75, 3.05) is 11.1 Å². The van der Waals surface area contributed by atoms with Crippen LogP contribution in [0.2, 0.25) is 0 Å². The van der Waals surface area contributed by atoms with Gasteiger partial charge in [-0.1, -0.05) is 0 Å². The van der Waals surface area contributed by atoms with E-state index in [4.69, 9.17) is 20.7 Å². The van der Waals surface area contributed by atoms with Gasteiger partial charge in [0.25, 0.3) is 0 Å². The molecule has 0 unspecified atom stereocenters. The highest BCUT2D eigenvalue weighted by atomic mass is 16.4. The van der Waals surface area contributed by atoms with Crippen molar-refractivity contribution in [3.05, 3.63) is 35.0 Å². The van der Waals surface area contributed by atoms with Gasteiger partial charge in [-0.25, -0.2) is 9.97 Å². The van der Waals surface area contributed by atoms with E-state index in [1.165, 1.54) is 0 Å². The number of nitrogens with two attached hydrogens (primary N) is 1. The van der Waals surface area contributed by atoms with E-state index in [0.717, 1.165) is 6.21 Å². The maximum atomic E-state index is 8.91. The van der Waals surface area contributed by atoms with Gasteiger partial charge in [-0.05, 0) is 19.1 Å². The van der Waals surface area contributed by atoms with Crippen LogP contribution in [0.3, 0.4) is 0 Å². The normalized spacial score (nSPS) is 10.4. The van der Waals surface area contributed by atoms with Crippen molar-refractivity contribution in [3.8, 4) is 0 Å². The Morgan fingerprint density at radius 3 is 2.79 bits per heavy atom. The van der Waals surface area contributed by atoms with Crippen molar-refractivity contribution in [1.29, 1.82) is 5.41 Å². The highest BCUT2D eigenvalue weighted by Crippen LogP contribution is 2.17. The third-order valence-corrected chi connectivity index (χ3v) is 2.53. The Kier molecular flexibility index (Phi) is 3.76. The molecule has 2 aromatic rings. The van der Waals surface area contributed by atoms with Gasteiger partial charge in [0.2, 0.25) is 0 Å². The molecule has 7 heteroatoms. The van der Waals surface area contributed by atoms with E-state index in [0.29, 0.717) is 35.3 Å². The number of furan rings is 1. The second kappa shape index (κ2) is 5.49. The average Bonchev–Trinajstić information content (AvgIpc) is 2.83. The number of aliphatic hydroxyl groups is 1. The average molecular weight is 261 g/mol. The first kappa shape index (κ1) is 13.0. The second-order valence-electron chi connectivity index (χ2n) is 3.94. The summed E-state index contributed by atoms with van der Waals surface area (Å²) in [4.78, 5) is 8.20. The topological polar surface area (TPSA) is 121 Å². The molecule has 0 aliphatic carbocycles. The summed E-state index contributed by atoms with van der Waals surface area (Å²) in [5.74, 6) is 2.45. The number of nitrogens with one attached hydrogen (secondary N) is 2. The van der Waals surface area contributed by atoms with E-state index in [2.05, 4.69) is 15.3 Å². The van der Waals surface area contributed by atoms with E-state index < -0.39 is 0 Å². The van der Waals surface area contributed by atoms with Gasteiger partial charge in [-0.3, -0.25) is 0 Å². The molecule has 0 fully saturated rings. The molecule has 0 aliphatic heterocycles. The fraction of sp³-hybridized carbons (Fsp3) is 0.250. The van der Waals surface area contributed by atoms with E-state index in [9.17, 15) is 0 Å². The molecule has 0 radical (unpaired) electrons. The van der Waals surface area contributed by atoms with Crippen molar-refractivity contribution in [1.82, 2.24) is 9.97 Å². The Morgan fingerprint density at radius 1 is 1.42 bits per heavy atom. The Labute approximate surface area is 110 Å². The number of hydrogen-bond acceptors (Lipinski definition) is 7. The number of aromatic nitrogens is 2. The molecule has 0 amide bonds. The van der Waals surface area contributed by atoms with Gasteiger partial charge in [0.1, 0.15) is 35.6 Å². The van der Waals surface area contributed by atoms with E-state index in [1.807, 2.05) is 0 Å². The van der Waals surface area contributed by atoms with Gasteiger partial charge in [-0.2, -0.15) is 0 Å². The number of nitrogen functional groups attached to an aromatic ring is 1. The molecule has 0 saturated carbocycles. The molecule has 7 nitrogen and oxygen atoms in total. The third-order valence-electron chi connectivity index (χ3n) is 2.53. The van der Waals surface area contributed by atoms with Gasteiger partial charge in [0.05, 0.1) is 12.1 Å². The fourth-order valence-corrected chi connectivity index (χ4v) is 1.65. The Balaban J connectivity index is 2.16. The highest BCUT2D eigenvalue weighted by Gasteiger charge is 2.09. The molecule has 0 bridgehead atoms. The predicted octanol–water partition coefficient (Wildman–Crippen LogP) is 1.06. The van der Waals surface area contributed by atoms with E-state index >= 15 is 0 Å². The lowest BCUT2D eigenvalue weighted by molar-refractivity contribution is 0.244. The quantitative estimate of drug-likeness (QED) is 0.597. The summed E-state index contributed by atoms with van der Waals surface area (Å²) in [6, 6.07) is 3.47. The Hall–Kier alpha value is -2.41. The molecule has 0 aliphatic rings. The minimum Gasteiger partial charge on any atom is -0.462 e. The van der Waals surface area contributed by atoms with Crippen LogP contribution in [0, 0.1) is 12.3 Å². The molecular formula is C12H15N5O2. The lowest BCUT2D eigenvalue weighted by atomic mass is 10.3. The van der Waals surface area contributed by atoms with Crippen molar-refractivity contribution < 1.29 is 9.52 Å². The molecule has 5 N–H and O–H groups in total. The van der Waals surface area contributed by atoms with Crippen LogP contribution < -0.4 is 11.1 Å². The minimum atomic E-state index is -0.134. The molecule has 100 valence electrons. The summed E-state index contributed by atoms with van der Waals surface area (Å²) < 4.78 is 5.34. The summed E-state index contributed by atoms with van der Waals surface area (Å²) in [6.07, 6.45) is 1.11. The summed E-state index contributed by atoms with van der Waals surface area (Å²) in [5.41, 5.74) is 6.17. The standard InChI is InChI=1S/C12H15N5O2/c1-7-16-11(14)10(4-13)12(17-7)15-5-8-2-3-9(6-18)19-8/h2-4,13,18H,5-6H2,1H3,(H3,14,15,16,17). The van der Waals surface area contributed by atoms with Crippen LogP contribution in [0.15, 0.2) is 16.5 Å². The molecular weight excluding hydrogens is 246 g/mol. The van der Waals surface area contributed by atoms with Gasteiger partial charge in [-0.15, -0.1) is 0 Å². The lowest BCUT2D eigenvalue weighted by Gasteiger charge is -2.09. The first-order chi connectivity index (χ1) is 9.13. The number of rotatable bonds is 5. The van der Waals surface area contributed by atoms with Crippen molar-refractivity contribution in [3.63, 3.8) is 0 Å². The van der Waals surface area contributed by atoms with Gasteiger partial charge in [0, 0.05) is 6.21 Å². The van der Waals surface area contributed by atoms with E-state index in [-0.39, 0.29) is 12.4 Å². The molecule has 2 aromatic heterocycles. The third kappa shape index (κ3) is 2.89. The van der Waals surface area contributed by atoms with Gasteiger partial charge < -0.3 is 26.0 Å². The summed E-state index contributed by atoms with van der Waals surface area (Å²) in [5, 5.41) is 19.3. The number of nitrogens with zero attached hydrogens (tertiary/aromatic N) is 2. The molecule has 19 heavy (non-hydrogen) atoms. The first-order valence-corrected chi connectivity index (χ1v) is 5.71. The summed E-state index contributed by atoms with van der Waals surface area (Å²) in [6.45, 7) is 1.98. The number of hydrogen-bond donors (Lipinski definition) is 4. The second-order valence-corrected chi connectivity index (χ2v) is 3.94. The van der Waals surface area contributed by atoms with Gasteiger partial charge >= 0.3 is 0 Å². The molecule has 0 aromatic carbocycles. The predicted molar refractivity (Wildman–Crippen MR) is 71.0 cm³/mol. The zero-order chi connectivity index (χ0) is 13.8. The zero-order valence-corrected chi connectivity index (χ0v) is 10.5. The van der Waals surface area contributed by atoms with Crippen molar-refractivity contribution in [2.24, 2.45) is 0 Å². The van der Waals surface area contributed by atoms with Crippen LogP contribution in [0.4, 0.5) is 11.6 Å². The van der Waals surface area contributed by atoms with Crippen LogP contribution >= 0.6 is 0 Å². The first-order valence-electron chi connectivity index (χ1n) is 5.71. The smallest absolute Gasteiger partial charge is 0.141 e. The van der Waals surface area contributed by atoms with Crippen molar-refractivity contribution >= 4 is 17.9 Å². The van der Waals surface area contributed by atoms with Gasteiger partial charge in [0.15, 0.2) is 0 Å². The Bertz CT molecular complexity index is 594. The zero-order valence-electron chi connectivity index (χ0n) is 10.5. The van der Waals surface area contributed by atoms with Crippen LogP contribution in [-0.2, 0) is 13.2 Å². The SMILES string of the molecule is Cc1nc(N)c(C=N)c(NCc2ccc(CO)o2)n1. The summed E-state index contributed by atoms with van der Waals surface area (Å²) in [7, 11) is 0. The van der Waals surface area contributed by atoms with Crippen LogP contribution in [-0.4, -0.2) is 21.3 Å². The minimum absolute atomic E-state index is 0.134. The number of aliphatic hydroxyl groups excluding tert-OH is 1. The maximum Gasteiger partial charge on any atom is 0.141 e.